The van der Waals surface area contributed by atoms with Crippen LogP contribution in [0.25, 0.3) is 0 Å². The van der Waals surface area contributed by atoms with E-state index in [-0.39, 0.29) is 5.91 Å². The van der Waals surface area contributed by atoms with Crippen molar-refractivity contribution in [3.8, 4) is 0 Å². The predicted molar refractivity (Wildman–Crippen MR) is 74.8 cm³/mol. The number of allylic oxidation sites excluding steroid dienone is 1. The first-order valence-corrected chi connectivity index (χ1v) is 5.98. The van der Waals surface area contributed by atoms with Crippen LogP contribution in [0.3, 0.4) is 0 Å². The number of benzene rings is 1. The van der Waals surface area contributed by atoms with Crippen molar-refractivity contribution < 1.29 is 4.79 Å². The minimum Gasteiger partial charge on any atom is -0.378 e. The molecule has 1 amide bonds. The Morgan fingerprint density at radius 3 is 2.78 bits per heavy atom. The third kappa shape index (κ3) is 2.04. The second-order valence-electron chi connectivity index (χ2n) is 4.64. The van der Waals surface area contributed by atoms with Gasteiger partial charge >= 0.3 is 0 Å². The van der Waals surface area contributed by atoms with E-state index < -0.39 is 0 Å². The van der Waals surface area contributed by atoms with Gasteiger partial charge in [-0.25, -0.2) is 0 Å². The molecule has 1 heterocycles. The summed E-state index contributed by atoms with van der Waals surface area (Å²) in [6, 6.07) is 5.95. The molecule has 0 saturated carbocycles. The van der Waals surface area contributed by atoms with E-state index in [4.69, 9.17) is 0 Å². The first-order valence-electron chi connectivity index (χ1n) is 5.98. The molecule has 0 unspecified atom stereocenters. The Morgan fingerprint density at radius 2 is 2.17 bits per heavy atom. The molecule has 1 aromatic rings. The SMILES string of the molecule is C=CC(=C)N1CCc2cc(N(C)C)ccc2C1=O. The van der Waals surface area contributed by atoms with Gasteiger partial charge in [0.15, 0.2) is 0 Å². The largest absolute Gasteiger partial charge is 0.378 e. The molecule has 0 radical (unpaired) electrons. The van der Waals surface area contributed by atoms with E-state index in [0.29, 0.717) is 12.2 Å². The lowest BCUT2D eigenvalue weighted by Gasteiger charge is -2.29. The molecular formula is C15H18N2O. The van der Waals surface area contributed by atoms with Gasteiger partial charge in [0.1, 0.15) is 0 Å². The molecule has 0 spiro atoms. The van der Waals surface area contributed by atoms with Crippen LogP contribution in [0.15, 0.2) is 43.1 Å². The summed E-state index contributed by atoms with van der Waals surface area (Å²) >= 11 is 0. The topological polar surface area (TPSA) is 23.6 Å². The van der Waals surface area contributed by atoms with Gasteiger partial charge in [-0.3, -0.25) is 4.79 Å². The molecule has 0 aromatic heterocycles. The highest BCUT2D eigenvalue weighted by Crippen LogP contribution is 2.25. The Bertz CT molecular complexity index is 517. The van der Waals surface area contributed by atoms with E-state index >= 15 is 0 Å². The van der Waals surface area contributed by atoms with Crippen LogP contribution in [0, 0.1) is 0 Å². The molecule has 1 aliphatic heterocycles. The van der Waals surface area contributed by atoms with Gasteiger partial charge in [0.05, 0.1) is 0 Å². The minimum atomic E-state index is 0.0199. The molecule has 2 rings (SSSR count). The maximum Gasteiger partial charge on any atom is 0.258 e. The number of rotatable bonds is 3. The van der Waals surface area contributed by atoms with Crippen molar-refractivity contribution in [3.63, 3.8) is 0 Å². The van der Waals surface area contributed by atoms with Gasteiger partial charge in [-0.15, -0.1) is 0 Å². The lowest BCUT2D eigenvalue weighted by Crippen LogP contribution is -2.36. The molecule has 0 bridgehead atoms. The van der Waals surface area contributed by atoms with Crippen molar-refractivity contribution in [1.29, 1.82) is 0 Å². The van der Waals surface area contributed by atoms with E-state index in [9.17, 15) is 4.79 Å². The summed E-state index contributed by atoms with van der Waals surface area (Å²) in [6.07, 6.45) is 2.48. The van der Waals surface area contributed by atoms with E-state index in [0.717, 1.165) is 23.2 Å². The monoisotopic (exact) mass is 242 g/mol. The molecule has 1 aliphatic rings. The van der Waals surface area contributed by atoms with Crippen LogP contribution in [0.4, 0.5) is 5.69 Å². The molecular weight excluding hydrogens is 224 g/mol. The number of nitrogens with zero attached hydrogens (tertiary/aromatic N) is 2. The van der Waals surface area contributed by atoms with E-state index in [1.165, 1.54) is 0 Å². The fourth-order valence-electron chi connectivity index (χ4n) is 2.14. The van der Waals surface area contributed by atoms with Crippen molar-refractivity contribution in [2.24, 2.45) is 0 Å². The van der Waals surface area contributed by atoms with E-state index in [2.05, 4.69) is 19.2 Å². The fourth-order valence-corrected chi connectivity index (χ4v) is 2.14. The van der Waals surface area contributed by atoms with Gasteiger partial charge in [0.25, 0.3) is 5.91 Å². The van der Waals surface area contributed by atoms with Crippen molar-refractivity contribution in [1.82, 2.24) is 4.90 Å². The second-order valence-corrected chi connectivity index (χ2v) is 4.64. The molecule has 0 saturated heterocycles. The number of carbonyl (C=O) groups is 1. The Labute approximate surface area is 108 Å². The molecule has 1 aromatic carbocycles. The summed E-state index contributed by atoms with van der Waals surface area (Å²) in [4.78, 5) is 16.0. The highest BCUT2D eigenvalue weighted by atomic mass is 16.2. The summed E-state index contributed by atoms with van der Waals surface area (Å²) < 4.78 is 0. The number of carbonyl (C=O) groups excluding carboxylic acids is 1. The van der Waals surface area contributed by atoms with Gasteiger partial charge in [0.2, 0.25) is 0 Å². The zero-order valence-corrected chi connectivity index (χ0v) is 10.9. The van der Waals surface area contributed by atoms with Crippen molar-refractivity contribution in [3.05, 3.63) is 54.3 Å². The van der Waals surface area contributed by atoms with E-state index in [1.807, 2.05) is 31.1 Å². The first-order chi connectivity index (χ1) is 8.54. The van der Waals surface area contributed by atoms with Gasteiger partial charge in [-0.2, -0.15) is 0 Å². The zero-order chi connectivity index (χ0) is 13.3. The van der Waals surface area contributed by atoms with Crippen LogP contribution in [0.5, 0.6) is 0 Å². The highest BCUT2D eigenvalue weighted by Gasteiger charge is 2.25. The third-order valence-corrected chi connectivity index (χ3v) is 3.27. The maximum absolute atomic E-state index is 12.3. The number of fused-ring (bicyclic) bond motifs is 1. The van der Waals surface area contributed by atoms with Crippen LogP contribution in [0.1, 0.15) is 15.9 Å². The number of hydrogen-bond donors (Lipinski definition) is 0. The highest BCUT2D eigenvalue weighted by molar-refractivity contribution is 5.98. The number of anilines is 1. The van der Waals surface area contributed by atoms with Crippen molar-refractivity contribution in [2.75, 3.05) is 25.5 Å². The molecule has 0 fully saturated rings. The summed E-state index contributed by atoms with van der Waals surface area (Å²) in [5, 5.41) is 0. The van der Waals surface area contributed by atoms with Gasteiger partial charge in [-0.05, 0) is 36.3 Å². The van der Waals surface area contributed by atoms with Crippen LogP contribution in [0.2, 0.25) is 0 Å². The maximum atomic E-state index is 12.3. The molecule has 0 atom stereocenters. The number of amides is 1. The lowest BCUT2D eigenvalue weighted by atomic mass is 9.97. The average Bonchev–Trinajstić information content (AvgIpc) is 2.37. The zero-order valence-electron chi connectivity index (χ0n) is 10.9. The summed E-state index contributed by atoms with van der Waals surface area (Å²) in [5.74, 6) is 0.0199. The van der Waals surface area contributed by atoms with Crippen molar-refractivity contribution >= 4 is 11.6 Å². The molecule has 94 valence electrons. The third-order valence-electron chi connectivity index (χ3n) is 3.27. The van der Waals surface area contributed by atoms with Crippen LogP contribution in [-0.4, -0.2) is 31.4 Å². The Balaban J connectivity index is 2.37. The van der Waals surface area contributed by atoms with Gasteiger partial charge in [0, 0.05) is 37.6 Å². The van der Waals surface area contributed by atoms with Gasteiger partial charge < -0.3 is 9.80 Å². The fraction of sp³-hybridized carbons (Fsp3) is 0.267. The Hall–Kier alpha value is -2.03. The molecule has 18 heavy (non-hydrogen) atoms. The molecule has 0 aliphatic carbocycles. The normalized spacial score (nSPS) is 14.1. The lowest BCUT2D eigenvalue weighted by molar-refractivity contribution is 0.0798. The standard InChI is InChI=1S/C15H18N2O/c1-5-11(2)17-9-8-12-10-13(16(3)4)6-7-14(12)15(17)18/h5-7,10H,1-2,8-9H2,3-4H3. The quantitative estimate of drug-likeness (QED) is 0.760. The number of hydrogen-bond acceptors (Lipinski definition) is 2. The summed E-state index contributed by atoms with van der Waals surface area (Å²) in [6.45, 7) is 8.18. The minimum absolute atomic E-state index is 0.0199. The smallest absolute Gasteiger partial charge is 0.258 e. The molecule has 3 heteroatoms. The summed E-state index contributed by atoms with van der Waals surface area (Å²) in [5.41, 5.74) is 3.68. The average molecular weight is 242 g/mol. The van der Waals surface area contributed by atoms with Crippen LogP contribution in [-0.2, 0) is 6.42 Å². The van der Waals surface area contributed by atoms with Crippen LogP contribution >= 0.6 is 0 Å². The van der Waals surface area contributed by atoms with Gasteiger partial charge in [-0.1, -0.05) is 13.2 Å². The predicted octanol–water partition coefficient (Wildman–Crippen LogP) is 2.45. The summed E-state index contributed by atoms with van der Waals surface area (Å²) in [7, 11) is 4.00. The molecule has 0 N–H and O–H groups in total. The Kier molecular flexibility index (Phi) is 3.24. The second kappa shape index (κ2) is 4.69. The van der Waals surface area contributed by atoms with Crippen LogP contribution < -0.4 is 4.90 Å². The Morgan fingerprint density at radius 1 is 1.44 bits per heavy atom. The first kappa shape index (κ1) is 12.4. The van der Waals surface area contributed by atoms with E-state index in [1.54, 1.807) is 11.0 Å². The molecule has 3 nitrogen and oxygen atoms in total. The van der Waals surface area contributed by atoms with Crippen molar-refractivity contribution in [2.45, 2.75) is 6.42 Å².